The molecule has 0 aromatic heterocycles. The number of hydroxylamine groups is 1. The summed E-state index contributed by atoms with van der Waals surface area (Å²) in [4.78, 5) is 43.5. The van der Waals surface area contributed by atoms with Crippen molar-refractivity contribution in [3.8, 4) is 0 Å². The lowest BCUT2D eigenvalue weighted by Gasteiger charge is -2.28. The Bertz CT molecular complexity index is 956. The van der Waals surface area contributed by atoms with Crippen molar-refractivity contribution < 1.29 is 28.7 Å². The zero-order valence-electron chi connectivity index (χ0n) is 17.7. The molecular formula is C23H26FN3O5. The van der Waals surface area contributed by atoms with Crippen molar-refractivity contribution in [3.05, 3.63) is 71.5 Å². The first-order valence-corrected chi connectivity index (χ1v) is 10.3. The first kappa shape index (κ1) is 23.4. The lowest BCUT2D eigenvalue weighted by atomic mass is 10.00. The van der Waals surface area contributed by atoms with Crippen LogP contribution in [0.15, 0.2) is 54.6 Å². The van der Waals surface area contributed by atoms with Gasteiger partial charge in [0.05, 0.1) is 13.2 Å². The second kappa shape index (κ2) is 10.8. The number of halogens is 1. The molecule has 1 saturated heterocycles. The third kappa shape index (κ3) is 5.68. The number of benzene rings is 2. The summed E-state index contributed by atoms with van der Waals surface area (Å²) in [5, 5.41) is 13.2. The highest BCUT2D eigenvalue weighted by Crippen LogP contribution is 2.23. The predicted molar refractivity (Wildman–Crippen MR) is 113 cm³/mol. The van der Waals surface area contributed by atoms with Crippen molar-refractivity contribution in [1.82, 2.24) is 15.7 Å². The van der Waals surface area contributed by atoms with Gasteiger partial charge in [0, 0.05) is 18.5 Å². The van der Waals surface area contributed by atoms with E-state index in [-0.39, 0.29) is 31.7 Å². The smallest absolute Gasteiger partial charge is 0.274 e. The molecule has 3 atom stereocenters. The van der Waals surface area contributed by atoms with E-state index in [1.807, 2.05) is 30.3 Å². The van der Waals surface area contributed by atoms with Gasteiger partial charge in [0.1, 0.15) is 11.9 Å². The minimum atomic E-state index is -1.59. The Hall–Kier alpha value is -3.30. The van der Waals surface area contributed by atoms with Crippen LogP contribution in [0.1, 0.15) is 24.0 Å². The molecule has 1 aliphatic heterocycles. The Morgan fingerprint density at radius 2 is 1.88 bits per heavy atom. The summed E-state index contributed by atoms with van der Waals surface area (Å²) < 4.78 is 14.1. The standard InChI is InChI=1S/C23H26FN3O5/c1-32-26-23(31)21(29)18(13-15-7-3-2-4-8-15)25-22(30)19-11-12-20(28)27(19)14-16-9-5-6-10-17(16)24/h2-10,18-19,21,29H,11-14H2,1H3,(H,25,30)(H,26,31). The Balaban J connectivity index is 1.76. The molecule has 1 heterocycles. The van der Waals surface area contributed by atoms with E-state index in [0.29, 0.717) is 5.56 Å². The third-order valence-electron chi connectivity index (χ3n) is 5.41. The number of carbonyl (C=O) groups is 3. The molecule has 170 valence electrons. The van der Waals surface area contributed by atoms with E-state index < -0.39 is 35.8 Å². The number of likely N-dealkylation sites (tertiary alicyclic amines) is 1. The Morgan fingerprint density at radius 3 is 2.56 bits per heavy atom. The summed E-state index contributed by atoms with van der Waals surface area (Å²) in [6, 6.07) is 13.3. The number of nitrogens with zero attached hydrogens (tertiary/aromatic N) is 1. The van der Waals surface area contributed by atoms with Crippen molar-refractivity contribution in [1.29, 1.82) is 0 Å². The molecule has 8 nitrogen and oxygen atoms in total. The minimum absolute atomic E-state index is 0.0420. The van der Waals surface area contributed by atoms with Gasteiger partial charge in [0.2, 0.25) is 11.8 Å². The fraction of sp³-hybridized carbons (Fsp3) is 0.348. The van der Waals surface area contributed by atoms with Crippen LogP contribution in [0.3, 0.4) is 0 Å². The summed E-state index contributed by atoms with van der Waals surface area (Å²) in [6.45, 7) is -0.0420. The molecule has 2 aromatic carbocycles. The van der Waals surface area contributed by atoms with Crippen LogP contribution in [-0.2, 0) is 32.2 Å². The Morgan fingerprint density at radius 1 is 1.19 bits per heavy atom. The largest absolute Gasteiger partial charge is 0.381 e. The van der Waals surface area contributed by atoms with Gasteiger partial charge in [-0.1, -0.05) is 48.5 Å². The fourth-order valence-corrected chi connectivity index (χ4v) is 3.75. The summed E-state index contributed by atoms with van der Waals surface area (Å²) in [7, 11) is 1.24. The van der Waals surface area contributed by atoms with Crippen molar-refractivity contribution in [2.75, 3.05) is 7.11 Å². The van der Waals surface area contributed by atoms with Gasteiger partial charge in [-0.25, -0.2) is 9.87 Å². The van der Waals surface area contributed by atoms with Gasteiger partial charge in [-0.15, -0.1) is 0 Å². The monoisotopic (exact) mass is 443 g/mol. The predicted octanol–water partition coefficient (Wildman–Crippen LogP) is 1.08. The SMILES string of the molecule is CONC(=O)C(O)C(Cc1ccccc1)NC(=O)C1CCC(=O)N1Cc1ccccc1F. The number of amides is 3. The fourth-order valence-electron chi connectivity index (χ4n) is 3.75. The number of carbonyl (C=O) groups excluding carboxylic acids is 3. The van der Waals surface area contributed by atoms with Gasteiger partial charge < -0.3 is 15.3 Å². The molecule has 0 spiro atoms. The third-order valence-corrected chi connectivity index (χ3v) is 5.41. The molecule has 1 fully saturated rings. The van der Waals surface area contributed by atoms with Crippen LogP contribution in [0.4, 0.5) is 4.39 Å². The summed E-state index contributed by atoms with van der Waals surface area (Å²) in [6.07, 6.45) is -0.991. The quantitative estimate of drug-likeness (QED) is 0.503. The van der Waals surface area contributed by atoms with Crippen LogP contribution >= 0.6 is 0 Å². The first-order chi connectivity index (χ1) is 15.4. The topological polar surface area (TPSA) is 108 Å². The highest BCUT2D eigenvalue weighted by molar-refractivity contribution is 5.91. The second-order valence-corrected chi connectivity index (χ2v) is 7.59. The van der Waals surface area contributed by atoms with Crippen LogP contribution in [0, 0.1) is 5.82 Å². The normalized spacial score (nSPS) is 17.7. The molecule has 3 amide bonds. The van der Waals surface area contributed by atoms with Crippen LogP contribution in [0.25, 0.3) is 0 Å². The lowest BCUT2D eigenvalue weighted by Crippen LogP contribution is -2.55. The van der Waals surface area contributed by atoms with Gasteiger partial charge in [-0.05, 0) is 24.5 Å². The molecule has 3 rings (SSSR count). The zero-order chi connectivity index (χ0) is 23.1. The molecule has 0 aliphatic carbocycles. The summed E-state index contributed by atoms with van der Waals surface area (Å²) in [5.74, 6) is -2.04. The number of hydrogen-bond donors (Lipinski definition) is 3. The molecule has 9 heteroatoms. The van der Waals surface area contributed by atoms with E-state index in [2.05, 4.69) is 15.6 Å². The van der Waals surface area contributed by atoms with Crippen molar-refractivity contribution in [3.63, 3.8) is 0 Å². The van der Waals surface area contributed by atoms with Crippen molar-refractivity contribution in [2.24, 2.45) is 0 Å². The van der Waals surface area contributed by atoms with Crippen LogP contribution < -0.4 is 10.8 Å². The number of aliphatic hydroxyl groups excluding tert-OH is 1. The van der Waals surface area contributed by atoms with Crippen molar-refractivity contribution >= 4 is 17.7 Å². The number of rotatable bonds is 9. The second-order valence-electron chi connectivity index (χ2n) is 7.59. The summed E-state index contributed by atoms with van der Waals surface area (Å²) >= 11 is 0. The maximum atomic E-state index is 14.1. The van der Waals surface area contributed by atoms with Gasteiger partial charge in [0.25, 0.3) is 5.91 Å². The first-order valence-electron chi connectivity index (χ1n) is 10.3. The molecule has 3 N–H and O–H groups in total. The van der Waals surface area contributed by atoms with Crippen LogP contribution in [0.5, 0.6) is 0 Å². The molecule has 2 aromatic rings. The highest BCUT2D eigenvalue weighted by Gasteiger charge is 2.38. The van der Waals surface area contributed by atoms with Gasteiger partial charge >= 0.3 is 0 Å². The van der Waals surface area contributed by atoms with E-state index >= 15 is 0 Å². The van der Waals surface area contributed by atoms with Gasteiger partial charge in [0.15, 0.2) is 6.10 Å². The Kier molecular flexibility index (Phi) is 7.91. The molecule has 1 aliphatic rings. The van der Waals surface area contributed by atoms with E-state index in [1.165, 1.54) is 18.1 Å². The molecule has 0 bridgehead atoms. The summed E-state index contributed by atoms with van der Waals surface area (Å²) in [5.41, 5.74) is 3.17. The van der Waals surface area contributed by atoms with Gasteiger partial charge in [-0.3, -0.25) is 19.2 Å². The lowest BCUT2D eigenvalue weighted by molar-refractivity contribution is -0.143. The van der Waals surface area contributed by atoms with E-state index in [0.717, 1.165) is 5.56 Å². The average molecular weight is 443 g/mol. The van der Waals surface area contributed by atoms with Gasteiger partial charge in [-0.2, -0.15) is 0 Å². The van der Waals surface area contributed by atoms with Crippen LogP contribution in [0.2, 0.25) is 0 Å². The van der Waals surface area contributed by atoms with E-state index in [1.54, 1.807) is 18.2 Å². The maximum Gasteiger partial charge on any atom is 0.274 e. The zero-order valence-corrected chi connectivity index (χ0v) is 17.7. The molecule has 3 unspecified atom stereocenters. The van der Waals surface area contributed by atoms with Crippen molar-refractivity contribution in [2.45, 2.75) is 44.0 Å². The minimum Gasteiger partial charge on any atom is -0.381 e. The molecular weight excluding hydrogens is 417 g/mol. The van der Waals surface area contributed by atoms with E-state index in [4.69, 9.17) is 0 Å². The maximum absolute atomic E-state index is 14.1. The average Bonchev–Trinajstić information content (AvgIpc) is 3.15. The highest BCUT2D eigenvalue weighted by atomic mass is 19.1. The molecule has 0 saturated carbocycles. The molecule has 32 heavy (non-hydrogen) atoms. The van der Waals surface area contributed by atoms with E-state index in [9.17, 15) is 23.9 Å². The van der Waals surface area contributed by atoms with Crippen LogP contribution in [-0.4, -0.2) is 53.0 Å². The molecule has 0 radical (unpaired) electrons. The Labute approximate surface area is 185 Å². The number of hydrogen-bond acceptors (Lipinski definition) is 5. The number of aliphatic hydroxyl groups is 1. The number of nitrogens with one attached hydrogen (secondary N) is 2.